The first-order valence-electron chi connectivity index (χ1n) is 8.28. The summed E-state index contributed by atoms with van der Waals surface area (Å²) >= 11 is 0. The summed E-state index contributed by atoms with van der Waals surface area (Å²) in [6.07, 6.45) is 0.762. The van der Waals surface area contributed by atoms with Crippen molar-refractivity contribution in [2.24, 2.45) is 5.73 Å². The van der Waals surface area contributed by atoms with E-state index in [1.807, 2.05) is 60.7 Å². The van der Waals surface area contributed by atoms with Crippen molar-refractivity contribution < 1.29 is 19.0 Å². The lowest BCUT2D eigenvalue weighted by molar-refractivity contribution is -0.145. The second-order valence-electron chi connectivity index (χ2n) is 5.97. The van der Waals surface area contributed by atoms with Crippen LogP contribution in [-0.4, -0.2) is 22.8 Å². The van der Waals surface area contributed by atoms with Gasteiger partial charge in [0.25, 0.3) is 0 Å². The van der Waals surface area contributed by atoms with Crippen LogP contribution in [0.15, 0.2) is 60.7 Å². The first kappa shape index (κ1) is 19.4. The van der Waals surface area contributed by atoms with E-state index in [2.05, 4.69) is 0 Å². The Bertz CT molecular complexity index is 706. The number of carbonyl (C=O) groups is 1. The van der Waals surface area contributed by atoms with Crippen LogP contribution in [0.3, 0.4) is 0 Å². The highest BCUT2D eigenvalue weighted by atomic mass is 31.2. The Morgan fingerprint density at radius 2 is 1.60 bits per heavy atom. The van der Waals surface area contributed by atoms with Crippen LogP contribution < -0.4 is 5.73 Å². The molecule has 0 saturated carbocycles. The molecule has 6 heteroatoms. The predicted molar refractivity (Wildman–Crippen MR) is 98.3 cm³/mol. The van der Waals surface area contributed by atoms with Crippen molar-refractivity contribution in [3.63, 3.8) is 0 Å². The molecule has 3 N–H and O–H groups in total. The molecule has 0 bridgehead atoms. The number of rotatable bonds is 9. The Labute approximate surface area is 148 Å². The molecule has 0 aliphatic heterocycles. The van der Waals surface area contributed by atoms with Crippen molar-refractivity contribution in [1.82, 2.24) is 0 Å². The topological polar surface area (TPSA) is 89.6 Å². The molecule has 0 spiro atoms. The molecule has 2 aromatic rings. The second kappa shape index (κ2) is 9.52. The predicted octanol–water partition coefficient (Wildman–Crippen LogP) is 3.31. The van der Waals surface area contributed by atoms with Gasteiger partial charge in [0.15, 0.2) is 0 Å². The fraction of sp³-hybridized carbons (Fsp3) is 0.316. The van der Waals surface area contributed by atoms with Crippen molar-refractivity contribution in [3.8, 4) is 0 Å². The van der Waals surface area contributed by atoms with Gasteiger partial charge >= 0.3 is 5.97 Å². The minimum absolute atomic E-state index is 0.0316. The summed E-state index contributed by atoms with van der Waals surface area (Å²) in [5.74, 6) is -1.33. The molecule has 0 amide bonds. The molecule has 0 heterocycles. The van der Waals surface area contributed by atoms with Crippen molar-refractivity contribution in [2.45, 2.75) is 31.7 Å². The molecule has 25 heavy (non-hydrogen) atoms. The Kier molecular flexibility index (Phi) is 7.38. The summed E-state index contributed by atoms with van der Waals surface area (Å²) in [4.78, 5) is 21.9. The van der Waals surface area contributed by atoms with E-state index < -0.39 is 19.1 Å². The summed E-state index contributed by atoms with van der Waals surface area (Å²) < 4.78 is 17.5. The van der Waals surface area contributed by atoms with Crippen molar-refractivity contribution in [1.29, 1.82) is 0 Å². The monoisotopic (exact) mass is 361 g/mol. The Hall–Kier alpha value is -1.94. The van der Waals surface area contributed by atoms with E-state index in [9.17, 15) is 14.3 Å². The highest BCUT2D eigenvalue weighted by Gasteiger charge is 2.27. The fourth-order valence-corrected chi connectivity index (χ4v) is 3.82. The Morgan fingerprint density at radius 1 is 1.04 bits per heavy atom. The van der Waals surface area contributed by atoms with E-state index in [4.69, 9.17) is 10.5 Å². The van der Waals surface area contributed by atoms with Gasteiger partial charge in [0, 0.05) is 12.6 Å². The highest BCUT2D eigenvalue weighted by molar-refractivity contribution is 7.58. The molecule has 0 radical (unpaired) electrons. The van der Waals surface area contributed by atoms with Crippen LogP contribution in [0.25, 0.3) is 0 Å². The van der Waals surface area contributed by atoms with Gasteiger partial charge in [-0.2, -0.15) is 0 Å². The maximum absolute atomic E-state index is 12.4. The minimum Gasteiger partial charge on any atom is -0.461 e. The lowest BCUT2D eigenvalue weighted by atomic mass is 10.2. The van der Waals surface area contributed by atoms with Crippen LogP contribution in [0.2, 0.25) is 0 Å². The third kappa shape index (κ3) is 6.83. The summed E-state index contributed by atoms with van der Waals surface area (Å²) in [5, 5.41) is 0. The quantitative estimate of drug-likeness (QED) is 0.528. The maximum Gasteiger partial charge on any atom is 0.306 e. The fourth-order valence-electron chi connectivity index (χ4n) is 2.38. The summed E-state index contributed by atoms with van der Waals surface area (Å²) in [7, 11) is -3.51. The Morgan fingerprint density at radius 3 is 2.20 bits per heavy atom. The zero-order valence-corrected chi connectivity index (χ0v) is 15.0. The maximum atomic E-state index is 12.4. The molecule has 0 aliphatic carbocycles. The molecule has 5 nitrogen and oxygen atoms in total. The SMILES string of the molecule is NC(CCC(=O)OCc1ccccc1)P(=O)(O)CCc1ccccc1. The van der Waals surface area contributed by atoms with Gasteiger partial charge in [0.2, 0.25) is 7.37 Å². The lowest BCUT2D eigenvalue weighted by Gasteiger charge is -2.19. The molecular weight excluding hydrogens is 337 g/mol. The largest absolute Gasteiger partial charge is 0.461 e. The third-order valence-electron chi connectivity index (χ3n) is 3.97. The van der Waals surface area contributed by atoms with Crippen LogP contribution in [-0.2, 0) is 27.1 Å². The number of benzene rings is 2. The van der Waals surface area contributed by atoms with Crippen LogP contribution in [0.5, 0.6) is 0 Å². The van der Waals surface area contributed by atoms with Gasteiger partial charge in [-0.1, -0.05) is 60.7 Å². The molecule has 2 atom stereocenters. The van der Waals surface area contributed by atoms with Crippen LogP contribution >= 0.6 is 7.37 Å². The van der Waals surface area contributed by atoms with Crippen LogP contribution in [0.1, 0.15) is 24.0 Å². The minimum atomic E-state index is -3.51. The van der Waals surface area contributed by atoms with Gasteiger partial charge in [-0.25, -0.2) is 0 Å². The molecule has 0 aliphatic rings. The summed E-state index contributed by atoms with van der Waals surface area (Å²) in [6.45, 7) is 0.194. The number of hydrogen-bond donors (Lipinski definition) is 2. The Balaban J connectivity index is 1.73. The van der Waals surface area contributed by atoms with Gasteiger partial charge in [-0.05, 0) is 24.0 Å². The zero-order chi connectivity index (χ0) is 18.1. The van der Waals surface area contributed by atoms with E-state index in [-0.39, 0.29) is 25.6 Å². The van der Waals surface area contributed by atoms with E-state index in [1.165, 1.54) is 0 Å². The molecule has 0 fully saturated rings. The van der Waals surface area contributed by atoms with Crippen LogP contribution in [0, 0.1) is 0 Å². The number of hydrogen-bond acceptors (Lipinski definition) is 4. The van der Waals surface area contributed by atoms with E-state index in [0.29, 0.717) is 6.42 Å². The normalized spacial score (nSPS) is 14.5. The molecule has 2 rings (SSSR count). The standard InChI is InChI=1S/C19H24NO4P/c20-18(25(22,23)14-13-16-7-3-1-4-8-16)11-12-19(21)24-15-17-9-5-2-6-10-17/h1-10,18H,11-15,20H2,(H,22,23). The molecule has 0 aromatic heterocycles. The average Bonchev–Trinajstić information content (AvgIpc) is 2.64. The first-order chi connectivity index (χ1) is 12.0. The third-order valence-corrected chi connectivity index (χ3v) is 6.13. The van der Waals surface area contributed by atoms with Crippen molar-refractivity contribution in [2.75, 3.05) is 6.16 Å². The smallest absolute Gasteiger partial charge is 0.306 e. The van der Waals surface area contributed by atoms with Gasteiger partial charge in [-0.3, -0.25) is 9.36 Å². The number of carbonyl (C=O) groups excluding carboxylic acids is 1. The van der Waals surface area contributed by atoms with E-state index in [1.54, 1.807) is 0 Å². The average molecular weight is 361 g/mol. The summed E-state index contributed by atoms with van der Waals surface area (Å²) in [5.41, 5.74) is 7.74. The van der Waals surface area contributed by atoms with Crippen molar-refractivity contribution in [3.05, 3.63) is 71.8 Å². The number of aryl methyl sites for hydroxylation is 1. The van der Waals surface area contributed by atoms with Gasteiger partial charge in [0.1, 0.15) is 6.61 Å². The van der Waals surface area contributed by atoms with Crippen molar-refractivity contribution >= 4 is 13.3 Å². The van der Waals surface area contributed by atoms with E-state index >= 15 is 0 Å². The van der Waals surface area contributed by atoms with Gasteiger partial charge in [-0.15, -0.1) is 0 Å². The number of esters is 1. The molecule has 2 unspecified atom stereocenters. The van der Waals surface area contributed by atoms with Gasteiger partial charge in [0.05, 0.1) is 5.78 Å². The second-order valence-corrected chi connectivity index (χ2v) is 8.59. The summed E-state index contributed by atoms with van der Waals surface area (Å²) in [6, 6.07) is 18.9. The number of nitrogens with two attached hydrogens (primary N) is 1. The molecule has 134 valence electrons. The highest BCUT2D eigenvalue weighted by Crippen LogP contribution is 2.46. The van der Waals surface area contributed by atoms with Gasteiger partial charge < -0.3 is 15.4 Å². The molecular formula is C19H24NO4P. The molecule has 0 saturated heterocycles. The van der Waals surface area contributed by atoms with Crippen LogP contribution in [0.4, 0.5) is 0 Å². The zero-order valence-electron chi connectivity index (χ0n) is 14.1. The van der Waals surface area contributed by atoms with E-state index in [0.717, 1.165) is 11.1 Å². The first-order valence-corrected chi connectivity index (χ1v) is 10.2. The lowest BCUT2D eigenvalue weighted by Crippen LogP contribution is -2.23. The number of ether oxygens (including phenoxy) is 1. The molecule has 2 aromatic carbocycles.